The molecular formula is C11H19N3. The largest absolute Gasteiger partial charge is 0.399 e. The number of anilines is 1. The van der Waals surface area contributed by atoms with Crippen LogP contribution in [0.15, 0.2) is 24.3 Å². The third-order valence-corrected chi connectivity index (χ3v) is 2.49. The van der Waals surface area contributed by atoms with Crippen LogP contribution in [0.4, 0.5) is 5.69 Å². The minimum Gasteiger partial charge on any atom is -0.399 e. The maximum absolute atomic E-state index is 5.59. The van der Waals surface area contributed by atoms with E-state index < -0.39 is 0 Å². The van der Waals surface area contributed by atoms with Crippen LogP contribution in [0.3, 0.4) is 0 Å². The molecule has 0 aliphatic rings. The van der Waals surface area contributed by atoms with E-state index in [0.29, 0.717) is 19.0 Å². The summed E-state index contributed by atoms with van der Waals surface area (Å²) in [6.07, 6.45) is 2.08. The van der Waals surface area contributed by atoms with Crippen LogP contribution >= 0.6 is 0 Å². The van der Waals surface area contributed by atoms with E-state index in [1.165, 1.54) is 5.56 Å². The van der Waals surface area contributed by atoms with E-state index >= 15 is 0 Å². The van der Waals surface area contributed by atoms with E-state index in [-0.39, 0.29) is 0 Å². The lowest BCUT2D eigenvalue weighted by Crippen LogP contribution is -2.23. The van der Waals surface area contributed by atoms with Crippen LogP contribution in [-0.2, 0) is 6.42 Å². The predicted octanol–water partition coefficient (Wildman–Crippen LogP) is 0.735. The predicted molar refractivity (Wildman–Crippen MR) is 60.8 cm³/mol. The van der Waals surface area contributed by atoms with Crippen LogP contribution < -0.4 is 17.2 Å². The molecule has 0 unspecified atom stereocenters. The van der Waals surface area contributed by atoms with Gasteiger partial charge in [0.2, 0.25) is 0 Å². The van der Waals surface area contributed by atoms with Crippen LogP contribution in [-0.4, -0.2) is 13.1 Å². The van der Waals surface area contributed by atoms with Gasteiger partial charge < -0.3 is 17.2 Å². The van der Waals surface area contributed by atoms with E-state index in [1.54, 1.807) is 0 Å². The first-order valence-corrected chi connectivity index (χ1v) is 5.00. The van der Waals surface area contributed by atoms with Crippen molar-refractivity contribution in [2.75, 3.05) is 18.8 Å². The fraction of sp³-hybridized carbons (Fsp3) is 0.455. The molecule has 0 aromatic heterocycles. The zero-order chi connectivity index (χ0) is 10.4. The van der Waals surface area contributed by atoms with Gasteiger partial charge >= 0.3 is 0 Å². The Morgan fingerprint density at radius 3 is 2.07 bits per heavy atom. The van der Waals surface area contributed by atoms with Crippen molar-refractivity contribution in [3.63, 3.8) is 0 Å². The second kappa shape index (κ2) is 5.62. The SMILES string of the molecule is NCC(CN)CCc1ccc(N)cc1. The zero-order valence-electron chi connectivity index (χ0n) is 8.45. The lowest BCUT2D eigenvalue weighted by atomic mass is 9.99. The summed E-state index contributed by atoms with van der Waals surface area (Å²) in [6.45, 7) is 1.34. The molecule has 0 atom stereocenters. The molecule has 78 valence electrons. The number of aryl methyl sites for hydroxylation is 1. The molecule has 0 fully saturated rings. The van der Waals surface area contributed by atoms with E-state index in [9.17, 15) is 0 Å². The van der Waals surface area contributed by atoms with Crippen LogP contribution in [0.25, 0.3) is 0 Å². The summed E-state index contributed by atoms with van der Waals surface area (Å²) in [5.74, 6) is 0.438. The maximum Gasteiger partial charge on any atom is 0.0314 e. The molecule has 1 aromatic carbocycles. The van der Waals surface area contributed by atoms with Crippen molar-refractivity contribution in [1.82, 2.24) is 0 Å². The fourth-order valence-corrected chi connectivity index (χ4v) is 1.39. The second-order valence-corrected chi connectivity index (χ2v) is 3.62. The first kappa shape index (κ1) is 11.0. The minimum atomic E-state index is 0.438. The molecule has 0 saturated heterocycles. The lowest BCUT2D eigenvalue weighted by molar-refractivity contribution is 0.508. The molecule has 0 radical (unpaired) electrons. The molecule has 1 aromatic rings. The first-order valence-electron chi connectivity index (χ1n) is 5.00. The van der Waals surface area contributed by atoms with Crippen molar-refractivity contribution in [1.29, 1.82) is 0 Å². The van der Waals surface area contributed by atoms with Gasteiger partial charge in [-0.2, -0.15) is 0 Å². The number of hydrogen-bond donors (Lipinski definition) is 3. The summed E-state index contributed by atoms with van der Waals surface area (Å²) in [6, 6.07) is 7.96. The van der Waals surface area contributed by atoms with Crippen LogP contribution in [0.5, 0.6) is 0 Å². The first-order chi connectivity index (χ1) is 6.76. The molecule has 0 spiro atoms. The van der Waals surface area contributed by atoms with Gasteiger partial charge in [-0.3, -0.25) is 0 Å². The van der Waals surface area contributed by atoms with E-state index in [4.69, 9.17) is 17.2 Å². The molecule has 0 amide bonds. The highest BCUT2D eigenvalue weighted by Gasteiger charge is 2.03. The van der Waals surface area contributed by atoms with Crippen LogP contribution in [0.1, 0.15) is 12.0 Å². The third-order valence-electron chi connectivity index (χ3n) is 2.49. The van der Waals surface area contributed by atoms with Gasteiger partial charge in [-0.05, 0) is 49.5 Å². The summed E-state index contributed by atoms with van der Waals surface area (Å²) in [7, 11) is 0. The van der Waals surface area contributed by atoms with Gasteiger partial charge in [0, 0.05) is 5.69 Å². The summed E-state index contributed by atoms with van der Waals surface area (Å²) in [5, 5.41) is 0. The number of rotatable bonds is 5. The average molecular weight is 193 g/mol. The summed E-state index contributed by atoms with van der Waals surface area (Å²) in [5.41, 5.74) is 18.8. The molecule has 0 bridgehead atoms. The van der Waals surface area contributed by atoms with Gasteiger partial charge in [0.1, 0.15) is 0 Å². The number of nitrogen functional groups attached to an aromatic ring is 1. The van der Waals surface area contributed by atoms with E-state index in [0.717, 1.165) is 18.5 Å². The molecule has 0 aliphatic carbocycles. The van der Waals surface area contributed by atoms with Crippen molar-refractivity contribution >= 4 is 5.69 Å². The number of nitrogens with two attached hydrogens (primary N) is 3. The summed E-state index contributed by atoms with van der Waals surface area (Å²) in [4.78, 5) is 0. The Morgan fingerprint density at radius 1 is 1.00 bits per heavy atom. The average Bonchev–Trinajstić information content (AvgIpc) is 2.22. The molecule has 0 aliphatic heterocycles. The fourth-order valence-electron chi connectivity index (χ4n) is 1.39. The third kappa shape index (κ3) is 3.36. The summed E-state index contributed by atoms with van der Waals surface area (Å²) >= 11 is 0. The van der Waals surface area contributed by atoms with Gasteiger partial charge in [0.05, 0.1) is 0 Å². The molecule has 0 saturated carbocycles. The van der Waals surface area contributed by atoms with Gasteiger partial charge in [-0.15, -0.1) is 0 Å². The highest BCUT2D eigenvalue weighted by molar-refractivity contribution is 5.39. The van der Waals surface area contributed by atoms with E-state index in [2.05, 4.69) is 12.1 Å². The van der Waals surface area contributed by atoms with Gasteiger partial charge in [0.25, 0.3) is 0 Å². The Labute approximate surface area is 85.3 Å². The molecule has 1 rings (SSSR count). The second-order valence-electron chi connectivity index (χ2n) is 3.62. The van der Waals surface area contributed by atoms with Crippen LogP contribution in [0.2, 0.25) is 0 Å². The number of hydrogen-bond acceptors (Lipinski definition) is 3. The molecule has 14 heavy (non-hydrogen) atoms. The Morgan fingerprint density at radius 2 is 1.57 bits per heavy atom. The Kier molecular flexibility index (Phi) is 4.43. The normalized spacial score (nSPS) is 10.8. The monoisotopic (exact) mass is 193 g/mol. The van der Waals surface area contributed by atoms with Crippen molar-refractivity contribution < 1.29 is 0 Å². The lowest BCUT2D eigenvalue weighted by Gasteiger charge is -2.11. The van der Waals surface area contributed by atoms with Crippen molar-refractivity contribution in [2.24, 2.45) is 17.4 Å². The Balaban J connectivity index is 2.41. The highest BCUT2D eigenvalue weighted by atomic mass is 14.6. The summed E-state index contributed by atoms with van der Waals surface area (Å²) < 4.78 is 0. The van der Waals surface area contributed by atoms with Crippen LogP contribution in [0, 0.1) is 5.92 Å². The number of benzene rings is 1. The molecule has 3 nitrogen and oxygen atoms in total. The minimum absolute atomic E-state index is 0.438. The van der Waals surface area contributed by atoms with E-state index in [1.807, 2.05) is 12.1 Å². The van der Waals surface area contributed by atoms with Gasteiger partial charge in [-0.1, -0.05) is 12.1 Å². The topological polar surface area (TPSA) is 78.1 Å². The Hall–Kier alpha value is -1.06. The van der Waals surface area contributed by atoms with Crippen molar-refractivity contribution in [3.8, 4) is 0 Å². The smallest absolute Gasteiger partial charge is 0.0314 e. The molecular weight excluding hydrogens is 174 g/mol. The van der Waals surface area contributed by atoms with Crippen molar-refractivity contribution in [3.05, 3.63) is 29.8 Å². The standard InChI is InChI=1S/C11H19N3/c12-7-10(8-13)2-1-9-3-5-11(14)6-4-9/h3-6,10H,1-2,7-8,12-14H2. The zero-order valence-corrected chi connectivity index (χ0v) is 8.45. The molecule has 0 heterocycles. The van der Waals surface area contributed by atoms with Crippen molar-refractivity contribution in [2.45, 2.75) is 12.8 Å². The quantitative estimate of drug-likeness (QED) is 0.603. The van der Waals surface area contributed by atoms with Gasteiger partial charge in [-0.25, -0.2) is 0 Å². The molecule has 3 heteroatoms. The Bertz CT molecular complexity index is 252. The highest BCUT2D eigenvalue weighted by Crippen LogP contribution is 2.10. The van der Waals surface area contributed by atoms with Gasteiger partial charge in [0.15, 0.2) is 0 Å². The molecule has 6 N–H and O–H groups in total. The maximum atomic E-state index is 5.59.